The Labute approximate surface area is 115 Å². The van der Waals surface area contributed by atoms with Crippen LogP contribution in [0.2, 0.25) is 0 Å². The number of methoxy groups -OCH3 is 1. The van der Waals surface area contributed by atoms with Crippen LogP contribution in [0.5, 0.6) is 11.5 Å². The second-order valence-electron chi connectivity index (χ2n) is 4.09. The molecule has 0 aromatic heterocycles. The summed E-state index contributed by atoms with van der Waals surface area (Å²) >= 11 is 0. The van der Waals surface area contributed by atoms with Gasteiger partial charge in [-0.3, -0.25) is 0 Å². The van der Waals surface area contributed by atoms with Gasteiger partial charge in [0.05, 0.1) is 13.7 Å². The molecule has 18 heavy (non-hydrogen) atoms. The summed E-state index contributed by atoms with van der Waals surface area (Å²) in [6.07, 6.45) is 0. The zero-order chi connectivity index (χ0) is 12.7. The SMILES string of the molecule is COc1cc(CNC(C)C)ccc1OCCO.Cl. The van der Waals surface area contributed by atoms with Crippen molar-refractivity contribution in [3.63, 3.8) is 0 Å². The minimum atomic E-state index is -0.000188. The van der Waals surface area contributed by atoms with Crippen molar-refractivity contribution in [2.24, 2.45) is 0 Å². The van der Waals surface area contributed by atoms with E-state index in [0.717, 1.165) is 12.1 Å². The van der Waals surface area contributed by atoms with E-state index in [9.17, 15) is 0 Å². The Kier molecular flexibility index (Phi) is 8.54. The largest absolute Gasteiger partial charge is 0.493 e. The third-order valence-corrected chi connectivity index (χ3v) is 2.29. The Hall–Kier alpha value is -0.970. The van der Waals surface area contributed by atoms with Crippen LogP contribution >= 0.6 is 12.4 Å². The monoisotopic (exact) mass is 275 g/mol. The minimum Gasteiger partial charge on any atom is -0.493 e. The van der Waals surface area contributed by atoms with Gasteiger partial charge < -0.3 is 19.9 Å². The zero-order valence-corrected chi connectivity index (χ0v) is 11.9. The third-order valence-electron chi connectivity index (χ3n) is 2.29. The van der Waals surface area contributed by atoms with Crippen LogP contribution in [0, 0.1) is 0 Å². The van der Waals surface area contributed by atoms with Crippen LogP contribution in [0.1, 0.15) is 19.4 Å². The van der Waals surface area contributed by atoms with Crippen LogP contribution in [0.15, 0.2) is 18.2 Å². The fourth-order valence-corrected chi connectivity index (χ4v) is 1.42. The van der Waals surface area contributed by atoms with Gasteiger partial charge in [0.15, 0.2) is 11.5 Å². The standard InChI is InChI=1S/C13H21NO3.ClH/c1-10(2)14-9-11-4-5-12(17-7-6-15)13(8-11)16-3;/h4-5,8,10,14-15H,6-7,9H2,1-3H3;1H. The summed E-state index contributed by atoms with van der Waals surface area (Å²) in [5.41, 5.74) is 1.15. The van der Waals surface area contributed by atoms with Crippen LogP contribution in [0.3, 0.4) is 0 Å². The number of aliphatic hydroxyl groups is 1. The van der Waals surface area contributed by atoms with Gasteiger partial charge in [-0.2, -0.15) is 0 Å². The molecule has 0 radical (unpaired) electrons. The van der Waals surface area contributed by atoms with Crippen molar-refractivity contribution in [2.75, 3.05) is 20.3 Å². The molecule has 0 saturated carbocycles. The lowest BCUT2D eigenvalue weighted by Crippen LogP contribution is -2.21. The van der Waals surface area contributed by atoms with Crippen molar-refractivity contribution in [3.8, 4) is 11.5 Å². The normalized spacial score (nSPS) is 10.1. The molecule has 0 unspecified atom stereocenters. The molecular weight excluding hydrogens is 254 g/mol. The Bertz CT molecular complexity index is 345. The van der Waals surface area contributed by atoms with Crippen molar-refractivity contribution in [3.05, 3.63) is 23.8 Å². The third kappa shape index (κ3) is 5.58. The molecule has 0 heterocycles. The van der Waals surface area contributed by atoms with Crippen LogP contribution in [0.4, 0.5) is 0 Å². The molecule has 4 nitrogen and oxygen atoms in total. The number of rotatable bonds is 7. The van der Waals surface area contributed by atoms with Gasteiger partial charge in [-0.15, -0.1) is 12.4 Å². The smallest absolute Gasteiger partial charge is 0.161 e. The highest BCUT2D eigenvalue weighted by atomic mass is 35.5. The van der Waals surface area contributed by atoms with Crippen molar-refractivity contribution in [1.29, 1.82) is 0 Å². The summed E-state index contributed by atoms with van der Waals surface area (Å²) in [6.45, 7) is 5.29. The van der Waals surface area contributed by atoms with Crippen molar-refractivity contribution in [1.82, 2.24) is 5.32 Å². The van der Waals surface area contributed by atoms with Gasteiger partial charge in [-0.25, -0.2) is 0 Å². The molecule has 2 N–H and O–H groups in total. The fourth-order valence-electron chi connectivity index (χ4n) is 1.42. The summed E-state index contributed by atoms with van der Waals surface area (Å²) in [6, 6.07) is 6.25. The first-order valence-electron chi connectivity index (χ1n) is 5.81. The van der Waals surface area contributed by atoms with Gasteiger partial charge in [0.1, 0.15) is 6.61 Å². The number of aliphatic hydroxyl groups excluding tert-OH is 1. The molecule has 104 valence electrons. The van der Waals surface area contributed by atoms with Crippen LogP contribution in [0.25, 0.3) is 0 Å². The predicted molar refractivity (Wildman–Crippen MR) is 74.8 cm³/mol. The highest BCUT2D eigenvalue weighted by Crippen LogP contribution is 2.27. The molecule has 0 atom stereocenters. The van der Waals surface area contributed by atoms with E-state index in [-0.39, 0.29) is 25.6 Å². The average Bonchev–Trinajstić information content (AvgIpc) is 2.34. The first-order valence-corrected chi connectivity index (χ1v) is 5.81. The molecule has 1 aromatic rings. The van der Waals surface area contributed by atoms with Crippen LogP contribution in [-0.4, -0.2) is 31.5 Å². The number of ether oxygens (including phenoxy) is 2. The number of halogens is 1. The molecule has 0 aliphatic rings. The highest BCUT2D eigenvalue weighted by Gasteiger charge is 2.05. The number of hydrogen-bond acceptors (Lipinski definition) is 4. The minimum absolute atomic E-state index is 0. The first-order chi connectivity index (χ1) is 8.17. The van der Waals surface area contributed by atoms with Crippen molar-refractivity contribution < 1.29 is 14.6 Å². The second-order valence-corrected chi connectivity index (χ2v) is 4.09. The Morgan fingerprint density at radius 3 is 2.56 bits per heavy atom. The van der Waals surface area contributed by atoms with Crippen LogP contribution in [-0.2, 0) is 6.54 Å². The van der Waals surface area contributed by atoms with Gasteiger partial charge in [0.2, 0.25) is 0 Å². The Morgan fingerprint density at radius 2 is 2.00 bits per heavy atom. The van der Waals surface area contributed by atoms with E-state index in [2.05, 4.69) is 19.2 Å². The molecule has 1 aromatic carbocycles. The molecule has 0 saturated heterocycles. The first kappa shape index (κ1) is 17.0. The summed E-state index contributed by atoms with van der Waals surface area (Å²) in [4.78, 5) is 0. The van der Waals surface area contributed by atoms with Crippen LogP contribution < -0.4 is 14.8 Å². The van der Waals surface area contributed by atoms with Crippen molar-refractivity contribution in [2.45, 2.75) is 26.4 Å². The van der Waals surface area contributed by atoms with Gasteiger partial charge in [0.25, 0.3) is 0 Å². The Balaban J connectivity index is 0.00000289. The van der Waals surface area contributed by atoms with Crippen molar-refractivity contribution >= 4 is 12.4 Å². The molecule has 0 aliphatic carbocycles. The molecule has 0 amide bonds. The van der Waals surface area contributed by atoms with E-state index >= 15 is 0 Å². The number of hydrogen-bond donors (Lipinski definition) is 2. The van der Waals surface area contributed by atoms with E-state index in [1.807, 2.05) is 18.2 Å². The van der Waals surface area contributed by atoms with E-state index in [4.69, 9.17) is 14.6 Å². The molecule has 0 fully saturated rings. The lowest BCUT2D eigenvalue weighted by Gasteiger charge is -2.13. The zero-order valence-electron chi connectivity index (χ0n) is 11.1. The maximum Gasteiger partial charge on any atom is 0.161 e. The van der Waals surface area contributed by atoms with Gasteiger partial charge in [-0.1, -0.05) is 19.9 Å². The number of benzene rings is 1. The molecule has 1 rings (SSSR count). The fraction of sp³-hybridized carbons (Fsp3) is 0.538. The van der Waals surface area contributed by atoms with Gasteiger partial charge in [0, 0.05) is 12.6 Å². The molecule has 0 aliphatic heterocycles. The Morgan fingerprint density at radius 1 is 1.28 bits per heavy atom. The summed E-state index contributed by atoms with van der Waals surface area (Å²) in [5.74, 6) is 1.36. The topological polar surface area (TPSA) is 50.7 Å². The van der Waals surface area contributed by atoms with Gasteiger partial charge >= 0.3 is 0 Å². The number of nitrogens with one attached hydrogen (secondary N) is 1. The molecule has 5 heteroatoms. The second kappa shape index (κ2) is 9.03. The van der Waals surface area contributed by atoms with E-state index in [1.165, 1.54) is 0 Å². The van der Waals surface area contributed by atoms with E-state index in [0.29, 0.717) is 17.5 Å². The molecule has 0 bridgehead atoms. The molecule has 0 spiro atoms. The highest BCUT2D eigenvalue weighted by molar-refractivity contribution is 5.85. The summed E-state index contributed by atoms with van der Waals surface area (Å²) in [5, 5.41) is 12.1. The quantitative estimate of drug-likeness (QED) is 0.799. The van der Waals surface area contributed by atoms with E-state index in [1.54, 1.807) is 7.11 Å². The maximum atomic E-state index is 8.72. The van der Waals surface area contributed by atoms with Gasteiger partial charge in [-0.05, 0) is 17.7 Å². The van der Waals surface area contributed by atoms with E-state index < -0.39 is 0 Å². The lowest BCUT2D eigenvalue weighted by molar-refractivity contribution is 0.196. The maximum absolute atomic E-state index is 8.72. The predicted octanol–water partition coefficient (Wildman–Crippen LogP) is 1.99. The summed E-state index contributed by atoms with van der Waals surface area (Å²) < 4.78 is 10.6. The average molecular weight is 276 g/mol. The lowest BCUT2D eigenvalue weighted by atomic mass is 10.2. The molecular formula is C13H22ClNO3. The summed E-state index contributed by atoms with van der Waals surface area (Å²) in [7, 11) is 1.61.